The van der Waals surface area contributed by atoms with Crippen molar-refractivity contribution in [2.24, 2.45) is 0 Å². The number of nitrogens with two attached hydrogens (primary N) is 1. The van der Waals surface area contributed by atoms with Gasteiger partial charge in [0.1, 0.15) is 23.5 Å². The number of nitrogen functional groups attached to an aromatic ring is 1. The van der Waals surface area contributed by atoms with Gasteiger partial charge < -0.3 is 30.0 Å². The molecule has 9 heteroatoms. The molecule has 0 fully saturated rings. The molecule has 28 heavy (non-hydrogen) atoms. The number of anilines is 3. The molecule has 0 saturated carbocycles. The molecule has 0 amide bonds. The first kappa shape index (κ1) is 19.4. The molecule has 0 aliphatic heterocycles. The molecule has 8 nitrogen and oxygen atoms in total. The molecule has 1 heterocycles. The van der Waals surface area contributed by atoms with E-state index in [0.29, 0.717) is 39.5 Å². The summed E-state index contributed by atoms with van der Waals surface area (Å²) >= 11 is 6.21. The Kier molecular flexibility index (Phi) is 5.90. The zero-order valence-electron chi connectivity index (χ0n) is 15.5. The van der Waals surface area contributed by atoms with Gasteiger partial charge in [0.2, 0.25) is 5.88 Å². The van der Waals surface area contributed by atoms with Gasteiger partial charge in [0.25, 0.3) is 0 Å². The first-order valence-electron chi connectivity index (χ1n) is 8.17. The number of para-hydroxylation sites is 2. The second-order valence-corrected chi connectivity index (χ2v) is 5.91. The van der Waals surface area contributed by atoms with Gasteiger partial charge in [0.15, 0.2) is 17.3 Å². The van der Waals surface area contributed by atoms with Gasteiger partial charge in [-0.25, -0.2) is 4.98 Å². The Labute approximate surface area is 167 Å². The molecule has 3 rings (SSSR count). The topological polar surface area (TPSA) is 101 Å². The maximum absolute atomic E-state index is 6.21. The van der Waals surface area contributed by atoms with E-state index in [9.17, 15) is 0 Å². The highest BCUT2D eigenvalue weighted by Gasteiger charge is 2.16. The lowest BCUT2D eigenvalue weighted by molar-refractivity contribution is 0.374. The number of halogens is 1. The number of aromatic nitrogens is 2. The lowest BCUT2D eigenvalue weighted by Gasteiger charge is -2.16. The van der Waals surface area contributed by atoms with Crippen molar-refractivity contribution in [3.63, 3.8) is 0 Å². The van der Waals surface area contributed by atoms with Crippen molar-refractivity contribution in [1.29, 1.82) is 0 Å². The summed E-state index contributed by atoms with van der Waals surface area (Å²) in [7, 11) is 4.61. The van der Waals surface area contributed by atoms with Crippen LogP contribution in [0.25, 0.3) is 0 Å². The van der Waals surface area contributed by atoms with Gasteiger partial charge in [-0.2, -0.15) is 4.98 Å². The van der Waals surface area contributed by atoms with Crippen LogP contribution in [0.4, 0.5) is 17.2 Å². The summed E-state index contributed by atoms with van der Waals surface area (Å²) in [6.07, 6.45) is 1.33. The minimum absolute atomic E-state index is 0.181. The fraction of sp³-hybridized carbons (Fsp3) is 0.158. The lowest BCUT2D eigenvalue weighted by atomic mass is 10.2. The summed E-state index contributed by atoms with van der Waals surface area (Å²) < 4.78 is 21.7. The van der Waals surface area contributed by atoms with Crippen molar-refractivity contribution < 1.29 is 18.9 Å². The molecule has 1 aromatic heterocycles. The van der Waals surface area contributed by atoms with E-state index in [2.05, 4.69) is 15.3 Å². The van der Waals surface area contributed by atoms with Crippen LogP contribution in [0.2, 0.25) is 5.02 Å². The number of methoxy groups -OCH3 is 3. The van der Waals surface area contributed by atoms with Crippen LogP contribution >= 0.6 is 11.6 Å². The summed E-state index contributed by atoms with van der Waals surface area (Å²) in [4.78, 5) is 8.29. The Hall–Kier alpha value is -3.39. The van der Waals surface area contributed by atoms with Gasteiger partial charge in [-0.1, -0.05) is 23.7 Å². The quantitative estimate of drug-likeness (QED) is 0.604. The van der Waals surface area contributed by atoms with Crippen LogP contribution in [0.5, 0.6) is 28.9 Å². The third kappa shape index (κ3) is 3.96. The van der Waals surface area contributed by atoms with Crippen molar-refractivity contribution in [1.82, 2.24) is 9.97 Å². The largest absolute Gasteiger partial charge is 0.495 e. The van der Waals surface area contributed by atoms with Crippen molar-refractivity contribution in [3.05, 3.63) is 47.7 Å². The summed E-state index contributed by atoms with van der Waals surface area (Å²) in [6.45, 7) is 0. The molecule has 0 unspecified atom stereocenters. The molecule has 0 spiro atoms. The summed E-state index contributed by atoms with van der Waals surface area (Å²) in [5, 5.41) is 3.49. The van der Waals surface area contributed by atoms with Crippen molar-refractivity contribution in [3.8, 4) is 28.9 Å². The zero-order valence-corrected chi connectivity index (χ0v) is 16.3. The first-order chi connectivity index (χ1) is 13.6. The SMILES string of the molecule is COc1cc(OC)c(Nc2ncnc(Oc3ccccc3OC)c2N)cc1Cl. The van der Waals surface area contributed by atoms with Crippen LogP contribution in [0, 0.1) is 0 Å². The molecule has 3 aromatic rings. The molecule has 146 valence electrons. The highest BCUT2D eigenvalue weighted by Crippen LogP contribution is 2.39. The molecule has 0 atom stereocenters. The van der Waals surface area contributed by atoms with Crippen molar-refractivity contribution >= 4 is 28.8 Å². The summed E-state index contributed by atoms with van der Waals surface area (Å²) in [5.74, 6) is 2.54. The number of hydrogen-bond acceptors (Lipinski definition) is 8. The Balaban J connectivity index is 1.93. The molecule has 0 aliphatic carbocycles. The standard InChI is InChI=1S/C19H19ClN4O4/c1-25-13-6-4-5-7-14(13)28-19-17(21)18(22-10-23-19)24-12-8-11(20)15(26-2)9-16(12)27-3/h4-10H,21H2,1-3H3,(H,22,23,24). The van der Waals surface area contributed by atoms with Crippen LogP contribution in [-0.2, 0) is 0 Å². The van der Waals surface area contributed by atoms with E-state index in [4.69, 9.17) is 36.3 Å². The normalized spacial score (nSPS) is 10.3. The lowest BCUT2D eigenvalue weighted by Crippen LogP contribution is -2.04. The summed E-state index contributed by atoms with van der Waals surface area (Å²) in [6, 6.07) is 10.5. The van der Waals surface area contributed by atoms with Gasteiger partial charge in [0.05, 0.1) is 32.0 Å². The third-order valence-electron chi connectivity index (χ3n) is 3.85. The van der Waals surface area contributed by atoms with Gasteiger partial charge in [-0.15, -0.1) is 0 Å². The Morgan fingerprint density at radius 1 is 0.893 bits per heavy atom. The Bertz CT molecular complexity index is 984. The molecule has 0 radical (unpaired) electrons. The number of rotatable bonds is 7. The third-order valence-corrected chi connectivity index (χ3v) is 4.15. The van der Waals surface area contributed by atoms with E-state index in [1.807, 2.05) is 12.1 Å². The second kappa shape index (κ2) is 8.53. The minimum atomic E-state index is 0.181. The van der Waals surface area contributed by atoms with E-state index in [1.54, 1.807) is 31.4 Å². The monoisotopic (exact) mass is 402 g/mol. The average molecular weight is 403 g/mol. The van der Waals surface area contributed by atoms with Crippen molar-refractivity contribution in [2.45, 2.75) is 0 Å². The number of benzene rings is 2. The Morgan fingerprint density at radius 2 is 1.57 bits per heavy atom. The van der Waals surface area contributed by atoms with E-state index in [0.717, 1.165) is 0 Å². The molecular formula is C19H19ClN4O4. The second-order valence-electron chi connectivity index (χ2n) is 5.51. The highest BCUT2D eigenvalue weighted by atomic mass is 35.5. The number of hydrogen-bond donors (Lipinski definition) is 2. The number of nitrogens with one attached hydrogen (secondary N) is 1. The number of nitrogens with zero attached hydrogens (tertiary/aromatic N) is 2. The van der Waals surface area contributed by atoms with Crippen LogP contribution in [0.15, 0.2) is 42.7 Å². The number of ether oxygens (including phenoxy) is 4. The van der Waals surface area contributed by atoms with Crippen LogP contribution < -0.4 is 30.0 Å². The predicted molar refractivity (Wildman–Crippen MR) is 107 cm³/mol. The van der Waals surface area contributed by atoms with Crippen LogP contribution in [0.3, 0.4) is 0 Å². The van der Waals surface area contributed by atoms with Gasteiger partial charge >= 0.3 is 0 Å². The molecule has 0 aliphatic rings. The zero-order chi connectivity index (χ0) is 20.1. The van der Waals surface area contributed by atoms with E-state index in [-0.39, 0.29) is 11.6 Å². The van der Waals surface area contributed by atoms with E-state index < -0.39 is 0 Å². The first-order valence-corrected chi connectivity index (χ1v) is 8.55. The maximum Gasteiger partial charge on any atom is 0.248 e. The highest BCUT2D eigenvalue weighted by molar-refractivity contribution is 6.32. The van der Waals surface area contributed by atoms with Gasteiger partial charge in [-0.3, -0.25) is 0 Å². The van der Waals surface area contributed by atoms with Gasteiger partial charge in [0, 0.05) is 6.07 Å². The predicted octanol–water partition coefficient (Wildman–Crippen LogP) is 4.27. The molecule has 2 aromatic carbocycles. The average Bonchev–Trinajstić information content (AvgIpc) is 2.71. The van der Waals surface area contributed by atoms with E-state index in [1.165, 1.54) is 20.5 Å². The van der Waals surface area contributed by atoms with Gasteiger partial charge in [-0.05, 0) is 18.2 Å². The van der Waals surface area contributed by atoms with Crippen LogP contribution in [0.1, 0.15) is 0 Å². The molecule has 3 N–H and O–H groups in total. The Morgan fingerprint density at radius 3 is 2.25 bits per heavy atom. The molecular weight excluding hydrogens is 384 g/mol. The fourth-order valence-corrected chi connectivity index (χ4v) is 2.69. The minimum Gasteiger partial charge on any atom is -0.495 e. The maximum atomic E-state index is 6.21. The molecule has 0 bridgehead atoms. The van der Waals surface area contributed by atoms with E-state index >= 15 is 0 Å². The molecule has 0 saturated heterocycles. The fourth-order valence-electron chi connectivity index (χ4n) is 2.45. The van der Waals surface area contributed by atoms with Crippen LogP contribution in [-0.4, -0.2) is 31.3 Å². The van der Waals surface area contributed by atoms with Crippen molar-refractivity contribution in [2.75, 3.05) is 32.4 Å². The summed E-state index contributed by atoms with van der Waals surface area (Å²) in [5.41, 5.74) is 6.97. The smallest absolute Gasteiger partial charge is 0.248 e.